The van der Waals surface area contributed by atoms with Gasteiger partial charge in [-0.2, -0.15) is 0 Å². The van der Waals surface area contributed by atoms with Crippen molar-refractivity contribution < 1.29 is 13.6 Å². The van der Waals surface area contributed by atoms with Crippen molar-refractivity contribution in [3.63, 3.8) is 0 Å². The quantitative estimate of drug-likeness (QED) is 0.509. The number of rotatable bonds is 5. The summed E-state index contributed by atoms with van der Waals surface area (Å²) in [6.45, 7) is 0. The molecule has 0 aliphatic rings. The highest BCUT2D eigenvalue weighted by atomic mass is 32.2. The lowest BCUT2D eigenvalue weighted by Gasteiger charge is -2.07. The van der Waals surface area contributed by atoms with Gasteiger partial charge in [0.05, 0.1) is 11.4 Å². The summed E-state index contributed by atoms with van der Waals surface area (Å²) in [5.74, 6) is -1.40. The highest BCUT2D eigenvalue weighted by Crippen LogP contribution is 2.18. The third kappa shape index (κ3) is 3.87. The number of benzene rings is 2. The van der Waals surface area contributed by atoms with E-state index in [1.54, 1.807) is 12.3 Å². The van der Waals surface area contributed by atoms with Crippen LogP contribution in [0, 0.1) is 11.6 Å². The third-order valence-corrected chi connectivity index (χ3v) is 4.97. The summed E-state index contributed by atoms with van der Waals surface area (Å²) in [5.41, 5.74) is 0.204. The SMILES string of the molecule is O=C(CSc1nnc2c(=O)n(-c3ccc(F)cc3)ccn12)Nc1ccccc1F. The number of fused-ring (bicyclic) bond motifs is 1. The van der Waals surface area contributed by atoms with Gasteiger partial charge in [-0.15, -0.1) is 10.2 Å². The Kier molecular flexibility index (Phi) is 5.09. The van der Waals surface area contributed by atoms with E-state index in [2.05, 4.69) is 15.5 Å². The first-order valence-corrected chi connectivity index (χ1v) is 9.41. The maximum atomic E-state index is 13.6. The Labute approximate surface area is 167 Å². The minimum atomic E-state index is -0.528. The van der Waals surface area contributed by atoms with Gasteiger partial charge in [0.2, 0.25) is 11.6 Å². The summed E-state index contributed by atoms with van der Waals surface area (Å²) in [7, 11) is 0. The topological polar surface area (TPSA) is 81.3 Å². The summed E-state index contributed by atoms with van der Waals surface area (Å²) in [4.78, 5) is 24.7. The first kappa shape index (κ1) is 18.8. The number of amides is 1. The number of hydrogen-bond donors (Lipinski definition) is 1. The number of nitrogens with one attached hydrogen (secondary N) is 1. The summed E-state index contributed by atoms with van der Waals surface area (Å²) in [6.07, 6.45) is 3.09. The molecule has 4 aromatic rings. The molecular weight excluding hydrogens is 400 g/mol. The highest BCUT2D eigenvalue weighted by Gasteiger charge is 2.14. The molecule has 0 radical (unpaired) electrons. The number of thioether (sulfide) groups is 1. The molecule has 0 unspecified atom stereocenters. The van der Waals surface area contributed by atoms with Crippen molar-refractivity contribution >= 4 is 29.0 Å². The standard InChI is InChI=1S/C19H13F2N5O2S/c20-12-5-7-13(8-6-12)25-9-10-26-17(18(25)28)23-24-19(26)29-11-16(27)22-15-4-2-1-3-14(15)21/h1-10H,11H2,(H,22,27). The molecule has 10 heteroatoms. The third-order valence-electron chi connectivity index (χ3n) is 4.02. The largest absolute Gasteiger partial charge is 0.323 e. The molecule has 0 atom stereocenters. The average molecular weight is 413 g/mol. The molecule has 0 saturated heterocycles. The second-order valence-corrected chi connectivity index (χ2v) is 6.89. The maximum Gasteiger partial charge on any atom is 0.300 e. The van der Waals surface area contributed by atoms with Crippen LogP contribution in [-0.4, -0.2) is 30.8 Å². The number of hydrogen-bond acceptors (Lipinski definition) is 5. The van der Waals surface area contributed by atoms with Gasteiger partial charge < -0.3 is 5.32 Å². The Hall–Kier alpha value is -3.53. The van der Waals surface area contributed by atoms with E-state index in [1.165, 1.54) is 57.6 Å². The van der Waals surface area contributed by atoms with Gasteiger partial charge in [0.15, 0.2) is 5.16 Å². The summed E-state index contributed by atoms with van der Waals surface area (Å²) in [6, 6.07) is 11.3. The van der Waals surface area contributed by atoms with Gasteiger partial charge in [-0.1, -0.05) is 23.9 Å². The molecule has 0 saturated carbocycles. The first-order valence-electron chi connectivity index (χ1n) is 8.42. The summed E-state index contributed by atoms with van der Waals surface area (Å²) < 4.78 is 29.5. The lowest BCUT2D eigenvalue weighted by Crippen LogP contribution is -2.20. The second-order valence-electron chi connectivity index (χ2n) is 5.94. The van der Waals surface area contributed by atoms with Gasteiger partial charge in [0.1, 0.15) is 11.6 Å². The van der Waals surface area contributed by atoms with E-state index in [0.717, 1.165) is 11.8 Å². The van der Waals surface area contributed by atoms with E-state index < -0.39 is 23.1 Å². The van der Waals surface area contributed by atoms with Gasteiger partial charge in [-0.25, -0.2) is 8.78 Å². The Morgan fingerprint density at radius 3 is 2.55 bits per heavy atom. The van der Waals surface area contributed by atoms with Crippen LogP contribution in [0.4, 0.5) is 14.5 Å². The average Bonchev–Trinajstić information content (AvgIpc) is 3.13. The van der Waals surface area contributed by atoms with Crippen LogP contribution < -0.4 is 10.9 Å². The van der Waals surface area contributed by atoms with Crippen molar-refractivity contribution in [2.24, 2.45) is 0 Å². The zero-order chi connectivity index (χ0) is 20.4. The summed E-state index contributed by atoms with van der Waals surface area (Å²) in [5, 5.41) is 10.7. The number of carbonyl (C=O) groups is 1. The van der Waals surface area contributed by atoms with Crippen molar-refractivity contribution in [3.8, 4) is 5.69 Å². The number of para-hydroxylation sites is 1. The van der Waals surface area contributed by atoms with Crippen molar-refractivity contribution in [2.45, 2.75) is 5.16 Å². The normalized spacial score (nSPS) is 11.0. The van der Waals surface area contributed by atoms with Gasteiger partial charge in [0, 0.05) is 18.1 Å². The second kappa shape index (κ2) is 7.84. The Balaban J connectivity index is 1.53. The van der Waals surface area contributed by atoms with Crippen molar-refractivity contribution in [3.05, 3.63) is 82.9 Å². The van der Waals surface area contributed by atoms with Crippen LogP contribution in [0.1, 0.15) is 0 Å². The molecule has 146 valence electrons. The van der Waals surface area contributed by atoms with Gasteiger partial charge in [-0.3, -0.25) is 18.6 Å². The van der Waals surface area contributed by atoms with E-state index in [1.807, 2.05) is 0 Å². The van der Waals surface area contributed by atoms with Crippen molar-refractivity contribution in [2.75, 3.05) is 11.1 Å². The lowest BCUT2D eigenvalue weighted by molar-refractivity contribution is -0.113. The van der Waals surface area contributed by atoms with E-state index in [9.17, 15) is 18.4 Å². The van der Waals surface area contributed by atoms with Crippen LogP contribution in [0.2, 0.25) is 0 Å². The number of carbonyl (C=O) groups excluding carboxylic acids is 1. The van der Waals surface area contributed by atoms with Crippen molar-refractivity contribution in [1.82, 2.24) is 19.2 Å². The van der Waals surface area contributed by atoms with Gasteiger partial charge in [0.25, 0.3) is 0 Å². The molecule has 2 aromatic heterocycles. The molecule has 7 nitrogen and oxygen atoms in total. The predicted molar refractivity (Wildman–Crippen MR) is 104 cm³/mol. The van der Waals surface area contributed by atoms with Crippen LogP contribution in [0.5, 0.6) is 0 Å². The molecule has 0 aliphatic carbocycles. The molecule has 29 heavy (non-hydrogen) atoms. The fraction of sp³-hybridized carbons (Fsp3) is 0.0526. The first-order chi connectivity index (χ1) is 14.0. The zero-order valence-electron chi connectivity index (χ0n) is 14.8. The van der Waals surface area contributed by atoms with E-state index in [4.69, 9.17) is 0 Å². The van der Waals surface area contributed by atoms with Gasteiger partial charge in [-0.05, 0) is 36.4 Å². The minimum Gasteiger partial charge on any atom is -0.323 e. The number of anilines is 1. The van der Waals surface area contributed by atoms with E-state index in [-0.39, 0.29) is 17.1 Å². The van der Waals surface area contributed by atoms with Crippen LogP contribution in [0.15, 0.2) is 70.9 Å². The van der Waals surface area contributed by atoms with Gasteiger partial charge >= 0.3 is 5.56 Å². The number of halogens is 2. The van der Waals surface area contributed by atoms with E-state index in [0.29, 0.717) is 10.8 Å². The lowest BCUT2D eigenvalue weighted by atomic mass is 10.3. The number of nitrogens with zero attached hydrogens (tertiary/aromatic N) is 4. The molecule has 4 rings (SSSR count). The molecule has 0 fully saturated rings. The zero-order valence-corrected chi connectivity index (χ0v) is 15.6. The molecule has 2 aromatic carbocycles. The molecule has 1 N–H and O–H groups in total. The molecule has 2 heterocycles. The fourth-order valence-corrected chi connectivity index (χ4v) is 3.37. The Morgan fingerprint density at radius 2 is 1.79 bits per heavy atom. The molecule has 0 aliphatic heterocycles. The molecule has 0 spiro atoms. The molecular formula is C19H13F2N5O2S. The highest BCUT2D eigenvalue weighted by molar-refractivity contribution is 7.99. The van der Waals surface area contributed by atoms with Crippen LogP contribution in [0.25, 0.3) is 11.3 Å². The smallest absolute Gasteiger partial charge is 0.300 e. The minimum absolute atomic E-state index is 0.0455. The monoisotopic (exact) mass is 413 g/mol. The van der Waals surface area contributed by atoms with E-state index >= 15 is 0 Å². The maximum absolute atomic E-state index is 13.6. The molecule has 0 bridgehead atoms. The van der Waals surface area contributed by atoms with Crippen LogP contribution in [-0.2, 0) is 4.79 Å². The summed E-state index contributed by atoms with van der Waals surface area (Å²) >= 11 is 1.06. The Morgan fingerprint density at radius 1 is 1.03 bits per heavy atom. The fourth-order valence-electron chi connectivity index (χ4n) is 2.65. The van der Waals surface area contributed by atoms with Crippen LogP contribution in [0.3, 0.4) is 0 Å². The van der Waals surface area contributed by atoms with Crippen molar-refractivity contribution in [1.29, 1.82) is 0 Å². The predicted octanol–water partition coefficient (Wildman–Crippen LogP) is 2.89. The van der Waals surface area contributed by atoms with Crippen LogP contribution >= 0.6 is 11.8 Å². The number of aromatic nitrogens is 4. The molecule has 1 amide bonds. The Bertz CT molecular complexity index is 1250.